The van der Waals surface area contributed by atoms with Gasteiger partial charge in [0.05, 0.1) is 8.97 Å². The number of carbonyl (C=O) groups excluding carboxylic acids is 1. The van der Waals surface area contributed by atoms with Gasteiger partial charge in [0.15, 0.2) is 5.13 Å². The van der Waals surface area contributed by atoms with E-state index in [0.717, 1.165) is 12.8 Å². The smallest absolute Gasteiger partial charge is 0.263 e. The Kier molecular flexibility index (Phi) is 6.00. The number of aromatic nitrogens is 1. The maximum absolute atomic E-state index is 13.0. The zero-order valence-electron chi connectivity index (χ0n) is 17.0. The standard InChI is InChI=1S/C21H25N3O3S4/c25-19(14-12-15-2-1-3-16(13-14)21(15)29-10-11-30-21)23-17-4-6-18(7-5-17)31(26,27)24-20-22-8-9-28-20/h4-9,14-16H,1-3,10-13H2,(H,22,24)(H,23,25). The van der Waals surface area contributed by atoms with Crippen molar-refractivity contribution in [2.24, 2.45) is 17.8 Å². The van der Waals surface area contributed by atoms with Gasteiger partial charge in [-0.05, 0) is 61.8 Å². The monoisotopic (exact) mass is 495 g/mol. The van der Waals surface area contributed by atoms with Gasteiger partial charge in [0.2, 0.25) is 5.91 Å². The van der Waals surface area contributed by atoms with Crippen LogP contribution in [0.2, 0.25) is 0 Å². The van der Waals surface area contributed by atoms with E-state index in [1.807, 2.05) is 0 Å². The van der Waals surface area contributed by atoms with E-state index >= 15 is 0 Å². The lowest BCUT2D eigenvalue weighted by molar-refractivity contribution is -0.122. The van der Waals surface area contributed by atoms with Gasteiger partial charge >= 0.3 is 0 Å². The number of hydrogen-bond donors (Lipinski definition) is 2. The van der Waals surface area contributed by atoms with Crippen LogP contribution in [0.25, 0.3) is 0 Å². The fourth-order valence-corrected chi connectivity index (χ4v) is 11.0. The second-order valence-corrected chi connectivity index (χ2v) is 13.9. The molecule has 166 valence electrons. The number of hydrogen-bond acceptors (Lipinski definition) is 7. The van der Waals surface area contributed by atoms with Gasteiger partial charge in [-0.1, -0.05) is 6.42 Å². The van der Waals surface area contributed by atoms with Gasteiger partial charge < -0.3 is 5.32 Å². The predicted molar refractivity (Wildman–Crippen MR) is 129 cm³/mol. The molecule has 3 fully saturated rings. The number of thioether (sulfide) groups is 2. The van der Waals surface area contributed by atoms with E-state index in [9.17, 15) is 13.2 Å². The number of nitrogens with zero attached hydrogens (tertiary/aromatic N) is 1. The molecule has 1 amide bonds. The number of benzene rings is 1. The highest BCUT2D eigenvalue weighted by atomic mass is 32.2. The molecule has 2 aromatic rings. The second kappa shape index (κ2) is 8.61. The molecule has 5 rings (SSSR count). The molecule has 10 heteroatoms. The zero-order valence-corrected chi connectivity index (χ0v) is 20.2. The van der Waals surface area contributed by atoms with Crippen LogP contribution in [-0.2, 0) is 14.8 Å². The third-order valence-corrected chi connectivity index (χ3v) is 12.8. The third kappa shape index (κ3) is 4.24. The maximum Gasteiger partial charge on any atom is 0.263 e. The summed E-state index contributed by atoms with van der Waals surface area (Å²) in [6.45, 7) is 0. The van der Waals surface area contributed by atoms with Crippen LogP contribution in [0.15, 0.2) is 40.7 Å². The Morgan fingerprint density at radius 1 is 1.06 bits per heavy atom. The molecule has 1 saturated heterocycles. The molecule has 2 heterocycles. The highest BCUT2D eigenvalue weighted by Gasteiger charge is 2.55. The summed E-state index contributed by atoms with van der Waals surface area (Å²) < 4.78 is 27.8. The van der Waals surface area contributed by atoms with Crippen molar-refractivity contribution in [3.8, 4) is 0 Å². The van der Waals surface area contributed by atoms with Crippen molar-refractivity contribution in [2.45, 2.75) is 41.1 Å². The Balaban J connectivity index is 1.24. The Labute approximate surface area is 195 Å². The van der Waals surface area contributed by atoms with Crippen LogP contribution in [0.1, 0.15) is 32.1 Å². The normalized spacial score (nSPS) is 27.2. The number of amides is 1. The van der Waals surface area contributed by atoms with Gasteiger partial charge in [0.25, 0.3) is 10.0 Å². The fourth-order valence-electron chi connectivity index (χ4n) is 5.23. The van der Waals surface area contributed by atoms with Crippen molar-refractivity contribution in [1.82, 2.24) is 4.98 Å². The number of carbonyl (C=O) groups is 1. The highest BCUT2D eigenvalue weighted by Crippen LogP contribution is 2.64. The quantitative estimate of drug-likeness (QED) is 0.614. The van der Waals surface area contributed by atoms with Crippen LogP contribution >= 0.6 is 34.9 Å². The van der Waals surface area contributed by atoms with Crippen LogP contribution in [0.3, 0.4) is 0 Å². The molecule has 1 aromatic heterocycles. The number of rotatable bonds is 5. The zero-order chi connectivity index (χ0) is 21.5. The SMILES string of the molecule is O=C(Nc1ccc(S(=O)(=O)Nc2nccs2)cc1)C1CC2CCCC(C1)C21SCCS1. The fraction of sp³-hybridized carbons (Fsp3) is 0.524. The Morgan fingerprint density at radius 3 is 2.35 bits per heavy atom. The molecule has 2 saturated carbocycles. The lowest BCUT2D eigenvalue weighted by atomic mass is 9.67. The van der Waals surface area contributed by atoms with Gasteiger partial charge in [0, 0.05) is 34.7 Å². The van der Waals surface area contributed by atoms with Crippen LogP contribution in [-0.4, -0.2) is 34.9 Å². The summed E-state index contributed by atoms with van der Waals surface area (Å²) in [7, 11) is -3.69. The molecular formula is C21H25N3O3S4. The maximum atomic E-state index is 13.0. The summed E-state index contributed by atoms with van der Waals surface area (Å²) >= 11 is 5.51. The lowest BCUT2D eigenvalue weighted by Gasteiger charge is -2.52. The minimum atomic E-state index is -3.69. The van der Waals surface area contributed by atoms with Crippen LogP contribution in [0.4, 0.5) is 10.8 Å². The minimum Gasteiger partial charge on any atom is -0.326 e. The summed E-state index contributed by atoms with van der Waals surface area (Å²) in [5, 5.41) is 5.07. The third-order valence-electron chi connectivity index (χ3n) is 6.58. The first kappa shape index (κ1) is 21.6. The molecule has 2 atom stereocenters. The van der Waals surface area contributed by atoms with Crippen LogP contribution in [0, 0.1) is 17.8 Å². The Bertz CT molecular complexity index is 1020. The summed E-state index contributed by atoms with van der Waals surface area (Å²) in [4.78, 5) is 17.1. The molecule has 2 N–H and O–H groups in total. The van der Waals surface area contributed by atoms with E-state index in [1.165, 1.54) is 54.2 Å². The van der Waals surface area contributed by atoms with Gasteiger partial charge in [-0.25, -0.2) is 13.4 Å². The van der Waals surface area contributed by atoms with Gasteiger partial charge in [-0.2, -0.15) is 0 Å². The van der Waals surface area contributed by atoms with Crippen molar-refractivity contribution in [3.05, 3.63) is 35.8 Å². The van der Waals surface area contributed by atoms with E-state index < -0.39 is 10.0 Å². The summed E-state index contributed by atoms with van der Waals surface area (Å²) in [5.41, 5.74) is 0.633. The highest BCUT2D eigenvalue weighted by molar-refractivity contribution is 8.21. The van der Waals surface area contributed by atoms with Crippen molar-refractivity contribution >= 4 is 61.6 Å². The number of thiazole rings is 1. The number of sulfonamides is 1. The molecule has 6 nitrogen and oxygen atoms in total. The Morgan fingerprint density at radius 2 is 1.74 bits per heavy atom. The molecular weight excluding hydrogens is 471 g/mol. The number of anilines is 2. The largest absolute Gasteiger partial charge is 0.326 e. The van der Waals surface area contributed by atoms with Gasteiger partial charge in [-0.15, -0.1) is 34.9 Å². The molecule has 1 aromatic carbocycles. The van der Waals surface area contributed by atoms with Crippen molar-refractivity contribution in [2.75, 3.05) is 21.5 Å². The first-order chi connectivity index (χ1) is 15.0. The lowest BCUT2D eigenvalue weighted by Crippen LogP contribution is -2.48. The van der Waals surface area contributed by atoms with Crippen molar-refractivity contribution < 1.29 is 13.2 Å². The van der Waals surface area contributed by atoms with Crippen LogP contribution < -0.4 is 10.0 Å². The van der Waals surface area contributed by atoms with Gasteiger partial charge in [0.1, 0.15) is 0 Å². The predicted octanol–water partition coefficient (Wildman–Crippen LogP) is 4.89. The molecule has 3 aliphatic rings. The van der Waals surface area contributed by atoms with E-state index in [-0.39, 0.29) is 16.7 Å². The Hall–Kier alpha value is -1.23. The van der Waals surface area contributed by atoms with Crippen LogP contribution in [0.5, 0.6) is 0 Å². The minimum absolute atomic E-state index is 0.0395. The molecule has 0 radical (unpaired) electrons. The molecule has 2 bridgehead atoms. The number of nitrogens with one attached hydrogen (secondary N) is 2. The van der Waals surface area contributed by atoms with E-state index in [0.29, 0.717) is 26.7 Å². The molecule has 2 aliphatic carbocycles. The van der Waals surface area contributed by atoms with Crippen molar-refractivity contribution in [1.29, 1.82) is 0 Å². The van der Waals surface area contributed by atoms with E-state index in [1.54, 1.807) is 23.7 Å². The summed E-state index contributed by atoms with van der Waals surface area (Å²) in [6, 6.07) is 6.34. The molecule has 1 aliphatic heterocycles. The first-order valence-corrected chi connectivity index (χ1v) is 14.9. The molecule has 1 spiro atoms. The average molecular weight is 496 g/mol. The first-order valence-electron chi connectivity index (χ1n) is 10.6. The topological polar surface area (TPSA) is 88.2 Å². The second-order valence-electron chi connectivity index (χ2n) is 8.37. The molecule has 31 heavy (non-hydrogen) atoms. The van der Waals surface area contributed by atoms with Gasteiger partial charge in [-0.3, -0.25) is 9.52 Å². The average Bonchev–Trinajstić information content (AvgIpc) is 3.41. The molecule has 2 unspecified atom stereocenters. The van der Waals surface area contributed by atoms with Crippen molar-refractivity contribution in [3.63, 3.8) is 0 Å². The summed E-state index contributed by atoms with van der Waals surface area (Å²) in [5.74, 6) is 3.83. The van der Waals surface area contributed by atoms with E-state index in [4.69, 9.17) is 0 Å². The summed E-state index contributed by atoms with van der Waals surface area (Å²) in [6.07, 6.45) is 7.24. The van der Waals surface area contributed by atoms with E-state index in [2.05, 4.69) is 38.5 Å².